The number of aliphatic imine (C=N–C) groups is 1. The zero-order chi connectivity index (χ0) is 19.6. The summed E-state index contributed by atoms with van der Waals surface area (Å²) in [6, 6.07) is 10.9. The summed E-state index contributed by atoms with van der Waals surface area (Å²) in [7, 11) is 3.52. The maximum Gasteiger partial charge on any atom is 0.191 e. The Morgan fingerprint density at radius 3 is 2.67 bits per heavy atom. The van der Waals surface area contributed by atoms with Crippen molar-refractivity contribution >= 4 is 5.96 Å². The van der Waals surface area contributed by atoms with Crippen LogP contribution in [0.1, 0.15) is 35.9 Å². The Balaban J connectivity index is 1.85. The lowest BCUT2D eigenvalue weighted by atomic mass is 10.1. The smallest absolute Gasteiger partial charge is 0.191 e. The number of hydrogen-bond acceptors (Lipinski definition) is 3. The first kappa shape index (κ1) is 21.0. The molecule has 1 aromatic heterocycles. The van der Waals surface area contributed by atoms with Gasteiger partial charge in [0, 0.05) is 38.0 Å². The van der Waals surface area contributed by atoms with Crippen molar-refractivity contribution in [1.29, 1.82) is 0 Å². The third-order valence-corrected chi connectivity index (χ3v) is 4.79. The predicted octanol–water partition coefficient (Wildman–Crippen LogP) is 2.83. The van der Waals surface area contributed by atoms with Gasteiger partial charge in [0.25, 0.3) is 0 Å². The highest BCUT2D eigenvalue weighted by Gasteiger charge is 2.12. The molecular weight excluding hydrogens is 338 g/mol. The highest BCUT2D eigenvalue weighted by Crippen LogP contribution is 2.12. The normalized spacial score (nSPS) is 12.9. The molecule has 0 spiro atoms. The van der Waals surface area contributed by atoms with Gasteiger partial charge in [0.15, 0.2) is 5.96 Å². The monoisotopic (exact) mass is 371 g/mol. The topological polar surface area (TPSA) is 63.5 Å². The molecule has 1 aromatic carbocycles. The highest BCUT2D eigenvalue weighted by atomic mass is 16.5. The number of guanidine groups is 1. The van der Waals surface area contributed by atoms with Gasteiger partial charge >= 0.3 is 0 Å². The summed E-state index contributed by atoms with van der Waals surface area (Å²) in [4.78, 5) is 4.36. The van der Waals surface area contributed by atoms with Crippen molar-refractivity contribution in [3.63, 3.8) is 0 Å². The van der Waals surface area contributed by atoms with Crippen LogP contribution in [0.4, 0.5) is 0 Å². The molecule has 0 radical (unpaired) electrons. The first-order chi connectivity index (χ1) is 13.0. The van der Waals surface area contributed by atoms with E-state index in [9.17, 15) is 0 Å². The van der Waals surface area contributed by atoms with Crippen LogP contribution in [0, 0.1) is 13.8 Å². The second kappa shape index (κ2) is 10.7. The minimum Gasteiger partial charge on any atom is -0.383 e. The third kappa shape index (κ3) is 6.40. The maximum absolute atomic E-state index is 5.16. The van der Waals surface area contributed by atoms with Crippen LogP contribution in [0.25, 0.3) is 0 Å². The van der Waals surface area contributed by atoms with Crippen molar-refractivity contribution in [1.82, 2.24) is 20.4 Å². The van der Waals surface area contributed by atoms with Crippen molar-refractivity contribution in [2.75, 3.05) is 20.8 Å². The first-order valence-corrected chi connectivity index (χ1v) is 9.58. The van der Waals surface area contributed by atoms with E-state index < -0.39 is 0 Å². The number of nitrogens with one attached hydrogen (secondary N) is 2. The number of hydrogen-bond donors (Lipinski definition) is 2. The van der Waals surface area contributed by atoms with Crippen LogP contribution < -0.4 is 10.6 Å². The highest BCUT2D eigenvalue weighted by molar-refractivity contribution is 5.79. The number of aryl methyl sites for hydroxylation is 2. The Morgan fingerprint density at radius 2 is 2.00 bits per heavy atom. The maximum atomic E-state index is 5.16. The fourth-order valence-corrected chi connectivity index (χ4v) is 3.09. The van der Waals surface area contributed by atoms with E-state index in [1.165, 1.54) is 16.8 Å². The summed E-state index contributed by atoms with van der Waals surface area (Å²) in [5.74, 6) is 0.819. The lowest BCUT2D eigenvalue weighted by Gasteiger charge is -2.18. The zero-order valence-electron chi connectivity index (χ0n) is 17.2. The molecule has 0 aliphatic rings. The molecule has 2 N–H and O–H groups in total. The standard InChI is InChI=1S/C21H33N5O/c1-16(11-12-19-9-7-6-8-10-19)24-21(22-4)23-15-20-17(2)25-26(18(20)3)13-14-27-5/h6-10,16H,11-15H2,1-5H3,(H2,22,23,24). The van der Waals surface area contributed by atoms with Gasteiger partial charge in [0.1, 0.15) is 0 Å². The molecule has 0 fully saturated rings. The minimum absolute atomic E-state index is 0.336. The Labute approximate surface area is 163 Å². The largest absolute Gasteiger partial charge is 0.383 e. The van der Waals surface area contributed by atoms with Crippen molar-refractivity contribution in [2.24, 2.45) is 4.99 Å². The van der Waals surface area contributed by atoms with Crippen LogP contribution in [-0.4, -0.2) is 42.5 Å². The number of nitrogens with zero attached hydrogens (tertiary/aromatic N) is 3. The summed E-state index contributed by atoms with van der Waals surface area (Å²) in [6.07, 6.45) is 2.11. The van der Waals surface area contributed by atoms with Crippen molar-refractivity contribution < 1.29 is 4.74 Å². The Bertz CT molecular complexity index is 724. The Hall–Kier alpha value is -2.34. The second-order valence-electron chi connectivity index (χ2n) is 6.86. The number of ether oxygens (including phenoxy) is 1. The van der Waals surface area contributed by atoms with Gasteiger partial charge in [-0.1, -0.05) is 30.3 Å². The van der Waals surface area contributed by atoms with Gasteiger partial charge in [-0.05, 0) is 39.2 Å². The van der Waals surface area contributed by atoms with E-state index in [-0.39, 0.29) is 0 Å². The van der Waals surface area contributed by atoms with Gasteiger partial charge in [0.2, 0.25) is 0 Å². The van der Waals surface area contributed by atoms with Gasteiger partial charge in [-0.25, -0.2) is 0 Å². The molecule has 0 aliphatic carbocycles. The molecule has 6 nitrogen and oxygen atoms in total. The van der Waals surface area contributed by atoms with Gasteiger partial charge in [0.05, 0.1) is 18.8 Å². The number of aromatic nitrogens is 2. The van der Waals surface area contributed by atoms with Gasteiger partial charge in [-0.2, -0.15) is 5.10 Å². The first-order valence-electron chi connectivity index (χ1n) is 9.58. The average molecular weight is 372 g/mol. The number of methoxy groups -OCH3 is 1. The van der Waals surface area contributed by atoms with Gasteiger partial charge in [-0.15, -0.1) is 0 Å². The van der Waals surface area contributed by atoms with Crippen LogP contribution in [0.15, 0.2) is 35.3 Å². The summed E-state index contributed by atoms with van der Waals surface area (Å²) in [5, 5.41) is 11.5. The van der Waals surface area contributed by atoms with Crippen molar-refractivity contribution in [3.05, 3.63) is 52.8 Å². The Morgan fingerprint density at radius 1 is 1.26 bits per heavy atom. The van der Waals surface area contributed by atoms with Crippen molar-refractivity contribution in [3.8, 4) is 0 Å². The van der Waals surface area contributed by atoms with E-state index in [0.29, 0.717) is 19.2 Å². The molecule has 6 heteroatoms. The molecule has 0 amide bonds. The van der Waals surface area contributed by atoms with E-state index in [4.69, 9.17) is 4.74 Å². The molecule has 0 saturated carbocycles. The average Bonchev–Trinajstić information content (AvgIpc) is 2.95. The van der Waals surface area contributed by atoms with E-state index in [1.807, 2.05) is 11.6 Å². The van der Waals surface area contributed by atoms with E-state index in [2.05, 4.69) is 64.9 Å². The molecule has 0 saturated heterocycles. The van der Waals surface area contributed by atoms with E-state index in [1.54, 1.807) is 14.2 Å². The fourth-order valence-electron chi connectivity index (χ4n) is 3.09. The second-order valence-corrected chi connectivity index (χ2v) is 6.86. The molecule has 148 valence electrons. The molecule has 1 heterocycles. The third-order valence-electron chi connectivity index (χ3n) is 4.79. The van der Waals surface area contributed by atoms with Gasteiger partial charge in [-0.3, -0.25) is 9.67 Å². The van der Waals surface area contributed by atoms with Crippen LogP contribution in [0.5, 0.6) is 0 Å². The van der Waals surface area contributed by atoms with Gasteiger partial charge < -0.3 is 15.4 Å². The molecular formula is C21H33N5O. The molecule has 1 atom stereocenters. The van der Waals surface area contributed by atoms with Crippen LogP contribution >= 0.6 is 0 Å². The number of rotatable bonds is 9. The summed E-state index contributed by atoms with van der Waals surface area (Å²) < 4.78 is 7.17. The molecule has 1 unspecified atom stereocenters. The Kier molecular flexibility index (Phi) is 8.33. The summed E-state index contributed by atoms with van der Waals surface area (Å²) >= 11 is 0. The SMILES string of the molecule is CN=C(NCc1c(C)nn(CCOC)c1C)NC(C)CCc1ccccc1. The van der Waals surface area contributed by atoms with Crippen LogP contribution in [0.2, 0.25) is 0 Å². The van der Waals surface area contributed by atoms with Crippen LogP contribution in [0.3, 0.4) is 0 Å². The lowest BCUT2D eigenvalue weighted by Crippen LogP contribution is -2.42. The summed E-state index contributed by atoms with van der Waals surface area (Å²) in [5.41, 5.74) is 4.79. The van der Waals surface area contributed by atoms with E-state index >= 15 is 0 Å². The predicted molar refractivity (Wildman–Crippen MR) is 111 cm³/mol. The quantitative estimate of drug-likeness (QED) is 0.526. The molecule has 2 rings (SSSR count). The summed E-state index contributed by atoms with van der Waals surface area (Å²) in [6.45, 7) is 8.48. The zero-order valence-corrected chi connectivity index (χ0v) is 17.2. The van der Waals surface area contributed by atoms with Crippen molar-refractivity contribution in [2.45, 2.75) is 52.7 Å². The lowest BCUT2D eigenvalue weighted by molar-refractivity contribution is 0.182. The molecule has 27 heavy (non-hydrogen) atoms. The molecule has 0 aliphatic heterocycles. The van der Waals surface area contributed by atoms with Crippen LogP contribution in [-0.2, 0) is 24.2 Å². The molecule has 0 bridgehead atoms. The minimum atomic E-state index is 0.336. The molecule has 2 aromatic rings. The number of benzene rings is 1. The fraction of sp³-hybridized carbons (Fsp3) is 0.524. The van der Waals surface area contributed by atoms with E-state index in [0.717, 1.165) is 31.0 Å².